The van der Waals surface area contributed by atoms with Crippen molar-refractivity contribution in [2.45, 2.75) is 76.2 Å². The molecule has 3 aliphatic rings. The maximum Gasteiger partial charge on any atom is 0.234 e. The summed E-state index contributed by atoms with van der Waals surface area (Å²) in [6, 6.07) is 8.36. The molecule has 9 heteroatoms. The lowest BCUT2D eigenvalue weighted by atomic mass is 9.79. The molecule has 2 saturated heterocycles. The van der Waals surface area contributed by atoms with E-state index < -0.39 is 0 Å². The number of likely N-dealkylation sites (tertiary alicyclic amines) is 1. The number of hydrogen-bond donors (Lipinski definition) is 2. The fraction of sp³-hybridized carbons (Fsp3) is 0.552. The molecule has 4 heterocycles. The second-order valence-corrected chi connectivity index (χ2v) is 11.8. The number of anilines is 1. The Labute approximate surface area is 223 Å². The first-order chi connectivity index (χ1) is 18.3. The quantitative estimate of drug-likeness (QED) is 0.464. The molecule has 9 nitrogen and oxygen atoms in total. The second-order valence-electron chi connectivity index (χ2n) is 11.8. The highest BCUT2D eigenvalue weighted by Gasteiger charge is 2.37. The van der Waals surface area contributed by atoms with Crippen molar-refractivity contribution in [2.75, 3.05) is 25.4 Å². The number of carbonyl (C=O) groups excluding carboxylic acids is 1. The molecule has 1 aliphatic carbocycles. The SMILES string of the molecule is CC1(C)CC[C@H](COc2cccc(-c3cn(C4CC(CN5CCCC5C(N)=O)C4)c4ncnc(N)c34)c2)O1. The Balaban J connectivity index is 1.19. The lowest BCUT2D eigenvalue weighted by Gasteiger charge is -2.39. The molecule has 202 valence electrons. The molecular formula is C29H38N6O3. The molecule has 2 aromatic heterocycles. The van der Waals surface area contributed by atoms with Crippen molar-refractivity contribution in [1.82, 2.24) is 19.4 Å². The largest absolute Gasteiger partial charge is 0.491 e. The summed E-state index contributed by atoms with van der Waals surface area (Å²) in [4.78, 5) is 23.0. The summed E-state index contributed by atoms with van der Waals surface area (Å²) in [5.74, 6) is 1.64. The van der Waals surface area contributed by atoms with Crippen LogP contribution < -0.4 is 16.2 Å². The van der Waals surface area contributed by atoms with E-state index in [9.17, 15) is 4.79 Å². The van der Waals surface area contributed by atoms with Crippen molar-refractivity contribution in [1.29, 1.82) is 0 Å². The molecule has 0 spiro atoms. The summed E-state index contributed by atoms with van der Waals surface area (Å²) in [5.41, 5.74) is 14.8. The highest BCUT2D eigenvalue weighted by atomic mass is 16.6. The van der Waals surface area contributed by atoms with E-state index in [0.29, 0.717) is 24.4 Å². The minimum absolute atomic E-state index is 0.0756. The number of benzene rings is 1. The number of hydrogen-bond acceptors (Lipinski definition) is 7. The predicted octanol–water partition coefficient (Wildman–Crippen LogP) is 3.92. The number of ether oxygens (including phenoxy) is 2. The number of aromatic nitrogens is 3. The van der Waals surface area contributed by atoms with E-state index in [1.54, 1.807) is 6.33 Å². The Morgan fingerprint density at radius 3 is 2.84 bits per heavy atom. The number of nitrogens with two attached hydrogens (primary N) is 2. The van der Waals surface area contributed by atoms with E-state index >= 15 is 0 Å². The third kappa shape index (κ3) is 4.85. The first kappa shape index (κ1) is 25.1. The molecule has 6 rings (SSSR count). The van der Waals surface area contributed by atoms with Crippen LogP contribution in [0.1, 0.15) is 58.4 Å². The zero-order valence-electron chi connectivity index (χ0n) is 22.3. The minimum atomic E-state index is -0.197. The average molecular weight is 519 g/mol. The Hall–Kier alpha value is -3.17. The van der Waals surface area contributed by atoms with Gasteiger partial charge in [-0.3, -0.25) is 9.69 Å². The van der Waals surface area contributed by atoms with Crippen LogP contribution in [0, 0.1) is 5.92 Å². The summed E-state index contributed by atoms with van der Waals surface area (Å²) in [5, 5.41) is 0.877. The molecule has 38 heavy (non-hydrogen) atoms. The van der Waals surface area contributed by atoms with Gasteiger partial charge in [-0.05, 0) is 82.5 Å². The van der Waals surface area contributed by atoms with Gasteiger partial charge >= 0.3 is 0 Å². The predicted molar refractivity (Wildman–Crippen MR) is 147 cm³/mol. The summed E-state index contributed by atoms with van der Waals surface area (Å²) in [7, 11) is 0. The van der Waals surface area contributed by atoms with Crippen LogP contribution in [0.4, 0.5) is 5.82 Å². The Bertz CT molecular complexity index is 1330. The number of nitrogen functional groups attached to an aromatic ring is 1. The molecule has 3 aromatic rings. The molecule has 2 aliphatic heterocycles. The number of carbonyl (C=O) groups is 1. The van der Waals surface area contributed by atoms with Gasteiger partial charge < -0.3 is 25.5 Å². The van der Waals surface area contributed by atoms with Crippen LogP contribution in [0.15, 0.2) is 36.8 Å². The fourth-order valence-electron chi connectivity index (χ4n) is 6.52. The molecule has 3 fully saturated rings. The average Bonchev–Trinajstić information content (AvgIpc) is 3.57. The topological polar surface area (TPSA) is 122 Å². The van der Waals surface area contributed by atoms with Gasteiger partial charge in [-0.2, -0.15) is 0 Å². The van der Waals surface area contributed by atoms with Crippen molar-refractivity contribution in [3.05, 3.63) is 36.8 Å². The van der Waals surface area contributed by atoms with Gasteiger partial charge in [-0.1, -0.05) is 12.1 Å². The molecule has 2 atom stereocenters. The van der Waals surface area contributed by atoms with Gasteiger partial charge in [0.1, 0.15) is 30.1 Å². The van der Waals surface area contributed by atoms with Crippen molar-refractivity contribution in [3.63, 3.8) is 0 Å². The summed E-state index contributed by atoms with van der Waals surface area (Å²) < 4.78 is 14.5. The van der Waals surface area contributed by atoms with E-state index in [1.165, 1.54) is 0 Å². The molecule has 4 N–H and O–H groups in total. The van der Waals surface area contributed by atoms with Gasteiger partial charge in [0.25, 0.3) is 0 Å². The first-order valence-corrected chi connectivity index (χ1v) is 13.8. The number of fused-ring (bicyclic) bond motifs is 1. The minimum Gasteiger partial charge on any atom is -0.491 e. The molecule has 1 unspecified atom stereocenters. The summed E-state index contributed by atoms with van der Waals surface area (Å²) in [6.07, 6.45) is 9.88. The maximum atomic E-state index is 11.8. The lowest BCUT2D eigenvalue weighted by Crippen LogP contribution is -2.44. The number of nitrogens with zero attached hydrogens (tertiary/aromatic N) is 4. The third-order valence-corrected chi connectivity index (χ3v) is 8.56. The second kappa shape index (κ2) is 9.85. The Morgan fingerprint density at radius 2 is 2.08 bits per heavy atom. The van der Waals surface area contributed by atoms with Gasteiger partial charge in [0.05, 0.1) is 23.1 Å². The normalized spacial score (nSPS) is 27.0. The summed E-state index contributed by atoms with van der Waals surface area (Å²) in [6.45, 7) is 6.68. The van der Waals surface area contributed by atoms with Gasteiger partial charge in [-0.25, -0.2) is 9.97 Å². The Kier molecular flexibility index (Phi) is 6.52. The molecule has 1 aromatic carbocycles. The van der Waals surface area contributed by atoms with Gasteiger partial charge in [-0.15, -0.1) is 0 Å². The van der Waals surface area contributed by atoms with Crippen LogP contribution in [0.2, 0.25) is 0 Å². The van der Waals surface area contributed by atoms with E-state index in [1.807, 2.05) is 12.1 Å². The molecule has 1 amide bonds. The lowest BCUT2D eigenvalue weighted by molar-refractivity contribution is -0.122. The fourth-order valence-corrected chi connectivity index (χ4v) is 6.52. The van der Waals surface area contributed by atoms with Crippen molar-refractivity contribution < 1.29 is 14.3 Å². The monoisotopic (exact) mass is 518 g/mol. The van der Waals surface area contributed by atoms with Crippen molar-refractivity contribution in [3.8, 4) is 16.9 Å². The molecule has 0 bridgehead atoms. The van der Waals surface area contributed by atoms with Crippen LogP contribution in [0.25, 0.3) is 22.2 Å². The van der Waals surface area contributed by atoms with Gasteiger partial charge in [0, 0.05) is 24.3 Å². The summed E-state index contributed by atoms with van der Waals surface area (Å²) >= 11 is 0. The van der Waals surface area contributed by atoms with E-state index in [4.69, 9.17) is 20.9 Å². The highest BCUT2D eigenvalue weighted by Crippen LogP contribution is 2.44. The van der Waals surface area contributed by atoms with Crippen LogP contribution in [0.5, 0.6) is 5.75 Å². The van der Waals surface area contributed by atoms with E-state index in [-0.39, 0.29) is 23.7 Å². The zero-order valence-corrected chi connectivity index (χ0v) is 22.3. The highest BCUT2D eigenvalue weighted by molar-refractivity contribution is 6.00. The Morgan fingerprint density at radius 1 is 1.24 bits per heavy atom. The molecular weight excluding hydrogens is 480 g/mol. The van der Waals surface area contributed by atoms with Crippen molar-refractivity contribution in [2.24, 2.45) is 11.7 Å². The van der Waals surface area contributed by atoms with Gasteiger partial charge in [0.2, 0.25) is 5.91 Å². The van der Waals surface area contributed by atoms with Crippen LogP contribution in [-0.4, -0.2) is 62.8 Å². The van der Waals surface area contributed by atoms with Crippen LogP contribution >= 0.6 is 0 Å². The molecule has 0 radical (unpaired) electrons. The number of amides is 1. The van der Waals surface area contributed by atoms with Crippen LogP contribution in [-0.2, 0) is 9.53 Å². The number of rotatable bonds is 8. The standard InChI is InChI=1S/C29H38N6O3/c1-29(2)9-8-22(38-29)16-37-21-6-3-5-19(13-21)23-15-35(28-25(23)26(30)32-17-33-28)20-11-18(12-20)14-34-10-4-7-24(34)27(31)36/h3,5-6,13,15,17-18,20,22,24H,4,7-12,14,16H2,1-2H3,(H2,31,36)(H2,30,32,33)/t18?,20?,22-,24?/m1/s1. The molecule has 1 saturated carbocycles. The number of primary amides is 1. The maximum absolute atomic E-state index is 11.8. The van der Waals surface area contributed by atoms with Crippen LogP contribution in [0.3, 0.4) is 0 Å². The van der Waals surface area contributed by atoms with Crippen molar-refractivity contribution >= 4 is 22.8 Å². The smallest absolute Gasteiger partial charge is 0.234 e. The van der Waals surface area contributed by atoms with E-state index in [2.05, 4.69) is 51.6 Å². The zero-order chi connectivity index (χ0) is 26.4. The van der Waals surface area contributed by atoms with E-state index in [0.717, 1.165) is 79.5 Å². The van der Waals surface area contributed by atoms with Gasteiger partial charge in [0.15, 0.2) is 0 Å². The third-order valence-electron chi connectivity index (χ3n) is 8.56. The first-order valence-electron chi connectivity index (χ1n) is 13.8.